The van der Waals surface area contributed by atoms with Crippen molar-refractivity contribution >= 4 is 0 Å². The molecule has 1 rings (SSSR count). The molecule has 0 bridgehead atoms. The Hall–Kier alpha value is -0.860. The van der Waals surface area contributed by atoms with E-state index < -0.39 is 0 Å². The smallest absolute Gasteiger partial charge is 0.0582 e. The lowest BCUT2D eigenvalue weighted by atomic mass is 10.1. The third-order valence-corrected chi connectivity index (χ3v) is 2.36. The van der Waals surface area contributed by atoms with Gasteiger partial charge in [-0.2, -0.15) is 0 Å². The van der Waals surface area contributed by atoms with Gasteiger partial charge >= 0.3 is 0 Å². The Morgan fingerprint density at radius 3 is 2.29 bits per heavy atom. The van der Waals surface area contributed by atoms with Crippen molar-refractivity contribution < 1.29 is 5.11 Å². The molecule has 0 amide bonds. The van der Waals surface area contributed by atoms with Crippen LogP contribution in [0.25, 0.3) is 0 Å². The van der Waals surface area contributed by atoms with E-state index in [9.17, 15) is 0 Å². The SMILES string of the molecule is CCc1ccc(CNC(C)CO)cc1. The highest BCUT2D eigenvalue weighted by Crippen LogP contribution is 2.04. The largest absolute Gasteiger partial charge is 0.395 e. The van der Waals surface area contributed by atoms with E-state index in [-0.39, 0.29) is 12.6 Å². The Morgan fingerprint density at radius 2 is 1.79 bits per heavy atom. The van der Waals surface area contributed by atoms with E-state index in [0.717, 1.165) is 13.0 Å². The molecule has 0 aromatic heterocycles. The third kappa shape index (κ3) is 3.48. The van der Waals surface area contributed by atoms with Crippen LogP contribution in [0.4, 0.5) is 0 Å². The Kier molecular flexibility index (Phi) is 4.63. The molecule has 0 aliphatic heterocycles. The van der Waals surface area contributed by atoms with Gasteiger partial charge in [-0.3, -0.25) is 0 Å². The number of aryl methyl sites for hydroxylation is 1. The average Bonchev–Trinajstić information content (AvgIpc) is 2.26. The van der Waals surface area contributed by atoms with Crippen molar-refractivity contribution in [2.24, 2.45) is 0 Å². The van der Waals surface area contributed by atoms with E-state index in [1.165, 1.54) is 11.1 Å². The molecule has 0 aliphatic rings. The third-order valence-electron chi connectivity index (χ3n) is 2.36. The van der Waals surface area contributed by atoms with Crippen molar-refractivity contribution in [1.29, 1.82) is 0 Å². The second-order valence-corrected chi connectivity index (χ2v) is 3.63. The molecule has 2 heteroatoms. The van der Waals surface area contributed by atoms with Crippen molar-refractivity contribution in [2.75, 3.05) is 6.61 Å². The minimum Gasteiger partial charge on any atom is -0.395 e. The summed E-state index contributed by atoms with van der Waals surface area (Å²) in [6.45, 7) is 5.14. The summed E-state index contributed by atoms with van der Waals surface area (Å²) in [5.74, 6) is 0. The zero-order valence-electron chi connectivity index (χ0n) is 8.96. The van der Waals surface area contributed by atoms with Crippen LogP contribution in [0.15, 0.2) is 24.3 Å². The van der Waals surface area contributed by atoms with Crippen LogP contribution < -0.4 is 5.32 Å². The first-order valence-corrected chi connectivity index (χ1v) is 5.18. The van der Waals surface area contributed by atoms with Crippen LogP contribution in [-0.2, 0) is 13.0 Å². The number of rotatable bonds is 5. The van der Waals surface area contributed by atoms with Crippen LogP contribution in [0.1, 0.15) is 25.0 Å². The molecule has 2 nitrogen and oxygen atoms in total. The van der Waals surface area contributed by atoms with Crippen LogP contribution in [0, 0.1) is 0 Å². The van der Waals surface area contributed by atoms with E-state index in [1.807, 2.05) is 6.92 Å². The molecule has 2 N–H and O–H groups in total. The highest BCUT2D eigenvalue weighted by Gasteiger charge is 1.98. The summed E-state index contributed by atoms with van der Waals surface area (Å²) >= 11 is 0. The van der Waals surface area contributed by atoms with Crippen LogP contribution >= 0.6 is 0 Å². The molecule has 1 aromatic rings. The summed E-state index contributed by atoms with van der Waals surface area (Å²) in [7, 11) is 0. The lowest BCUT2D eigenvalue weighted by molar-refractivity contribution is 0.251. The lowest BCUT2D eigenvalue weighted by Crippen LogP contribution is -2.28. The number of hydrogen-bond donors (Lipinski definition) is 2. The predicted molar refractivity (Wildman–Crippen MR) is 59.2 cm³/mol. The van der Waals surface area contributed by atoms with Crippen LogP contribution in [0.5, 0.6) is 0 Å². The highest BCUT2D eigenvalue weighted by atomic mass is 16.3. The fourth-order valence-corrected chi connectivity index (χ4v) is 1.25. The summed E-state index contributed by atoms with van der Waals surface area (Å²) in [5, 5.41) is 12.1. The maximum Gasteiger partial charge on any atom is 0.0582 e. The van der Waals surface area contributed by atoms with Gasteiger partial charge < -0.3 is 10.4 Å². The van der Waals surface area contributed by atoms with E-state index in [4.69, 9.17) is 5.11 Å². The van der Waals surface area contributed by atoms with E-state index in [2.05, 4.69) is 36.5 Å². The minimum atomic E-state index is 0.167. The second-order valence-electron chi connectivity index (χ2n) is 3.63. The molecule has 1 atom stereocenters. The van der Waals surface area contributed by atoms with Crippen molar-refractivity contribution in [3.8, 4) is 0 Å². The van der Waals surface area contributed by atoms with Gasteiger partial charge in [0.2, 0.25) is 0 Å². The Bertz CT molecular complexity index is 256. The molecular weight excluding hydrogens is 174 g/mol. The zero-order valence-corrected chi connectivity index (χ0v) is 8.96. The molecule has 0 spiro atoms. The van der Waals surface area contributed by atoms with Gasteiger partial charge in [0.1, 0.15) is 0 Å². The molecule has 1 unspecified atom stereocenters. The topological polar surface area (TPSA) is 32.3 Å². The van der Waals surface area contributed by atoms with Gasteiger partial charge in [0.15, 0.2) is 0 Å². The normalized spacial score (nSPS) is 12.8. The zero-order chi connectivity index (χ0) is 10.4. The fourth-order valence-electron chi connectivity index (χ4n) is 1.25. The Morgan fingerprint density at radius 1 is 1.21 bits per heavy atom. The molecule has 0 saturated heterocycles. The quantitative estimate of drug-likeness (QED) is 0.746. The summed E-state index contributed by atoms with van der Waals surface area (Å²) < 4.78 is 0. The lowest BCUT2D eigenvalue weighted by Gasteiger charge is -2.10. The highest BCUT2D eigenvalue weighted by molar-refractivity contribution is 5.22. The maximum absolute atomic E-state index is 8.83. The number of benzene rings is 1. The van der Waals surface area contributed by atoms with Crippen LogP contribution in [0.2, 0.25) is 0 Å². The first-order chi connectivity index (χ1) is 6.76. The molecule has 0 heterocycles. The van der Waals surface area contributed by atoms with Crippen molar-refractivity contribution in [2.45, 2.75) is 32.9 Å². The molecular formula is C12H19NO. The maximum atomic E-state index is 8.83. The number of aliphatic hydroxyl groups excluding tert-OH is 1. The van der Waals surface area contributed by atoms with Crippen LogP contribution in [-0.4, -0.2) is 17.8 Å². The fraction of sp³-hybridized carbons (Fsp3) is 0.500. The predicted octanol–water partition coefficient (Wildman–Crippen LogP) is 1.72. The standard InChI is InChI=1S/C12H19NO/c1-3-11-4-6-12(7-5-11)8-13-10(2)9-14/h4-7,10,13-14H,3,8-9H2,1-2H3. The van der Waals surface area contributed by atoms with E-state index in [0.29, 0.717) is 0 Å². The Balaban J connectivity index is 2.43. The molecule has 0 fully saturated rings. The van der Waals surface area contributed by atoms with Crippen molar-refractivity contribution in [1.82, 2.24) is 5.32 Å². The second kappa shape index (κ2) is 5.78. The molecule has 0 saturated carbocycles. The Labute approximate surface area is 86.0 Å². The van der Waals surface area contributed by atoms with Gasteiger partial charge in [-0.15, -0.1) is 0 Å². The van der Waals surface area contributed by atoms with Crippen LogP contribution in [0.3, 0.4) is 0 Å². The summed E-state index contributed by atoms with van der Waals surface area (Å²) in [6, 6.07) is 8.74. The van der Waals surface area contributed by atoms with Gasteiger partial charge in [-0.1, -0.05) is 31.2 Å². The number of nitrogens with one attached hydrogen (secondary N) is 1. The van der Waals surface area contributed by atoms with Gasteiger partial charge in [0.05, 0.1) is 6.61 Å². The minimum absolute atomic E-state index is 0.167. The van der Waals surface area contributed by atoms with Gasteiger partial charge in [0.25, 0.3) is 0 Å². The van der Waals surface area contributed by atoms with Crippen molar-refractivity contribution in [3.63, 3.8) is 0 Å². The summed E-state index contributed by atoms with van der Waals surface area (Å²) in [5.41, 5.74) is 2.63. The van der Waals surface area contributed by atoms with E-state index in [1.54, 1.807) is 0 Å². The molecule has 1 aromatic carbocycles. The first-order valence-electron chi connectivity index (χ1n) is 5.18. The monoisotopic (exact) mass is 193 g/mol. The summed E-state index contributed by atoms with van der Waals surface area (Å²) in [4.78, 5) is 0. The molecule has 0 radical (unpaired) electrons. The average molecular weight is 193 g/mol. The molecule has 78 valence electrons. The van der Waals surface area contributed by atoms with Gasteiger partial charge in [-0.25, -0.2) is 0 Å². The first kappa shape index (κ1) is 11.2. The molecule has 14 heavy (non-hydrogen) atoms. The summed E-state index contributed by atoms with van der Waals surface area (Å²) in [6.07, 6.45) is 1.08. The van der Waals surface area contributed by atoms with Gasteiger partial charge in [-0.05, 0) is 24.5 Å². The van der Waals surface area contributed by atoms with Crippen molar-refractivity contribution in [3.05, 3.63) is 35.4 Å². The molecule has 0 aliphatic carbocycles. The van der Waals surface area contributed by atoms with E-state index >= 15 is 0 Å². The number of aliphatic hydroxyl groups is 1. The van der Waals surface area contributed by atoms with Gasteiger partial charge in [0, 0.05) is 12.6 Å². The number of hydrogen-bond acceptors (Lipinski definition) is 2.